The first-order valence-corrected chi connectivity index (χ1v) is 13.3. The van der Waals surface area contributed by atoms with Gasteiger partial charge in [0.15, 0.2) is 23.3 Å². The van der Waals surface area contributed by atoms with Gasteiger partial charge in [-0.3, -0.25) is 14.7 Å². The van der Waals surface area contributed by atoms with Crippen molar-refractivity contribution in [3.05, 3.63) is 36.0 Å². The van der Waals surface area contributed by atoms with Crippen LogP contribution in [0, 0.1) is 34.7 Å². The first-order valence-electron chi connectivity index (χ1n) is 12.5. The van der Waals surface area contributed by atoms with Crippen molar-refractivity contribution in [3.8, 4) is 12.4 Å². The molecule has 4 heterocycles. The van der Waals surface area contributed by atoms with Crippen LogP contribution in [0.25, 0.3) is 10.2 Å². The SMILES string of the molecule is CC(C)(C)c1cc(NC(=O)C2CCN(C#N)C2)n[nH]1.N#CN1CCC(C(=O)Nc2nc3ccccc3s2)C1. The maximum absolute atomic E-state index is 12.1. The lowest BCUT2D eigenvalue weighted by atomic mass is 9.92. The third-order valence-electron chi connectivity index (χ3n) is 6.56. The van der Waals surface area contributed by atoms with Crippen LogP contribution < -0.4 is 10.6 Å². The zero-order valence-corrected chi connectivity index (χ0v) is 22.5. The van der Waals surface area contributed by atoms with Gasteiger partial charge >= 0.3 is 0 Å². The molecule has 2 aliphatic heterocycles. The van der Waals surface area contributed by atoms with Crippen molar-refractivity contribution in [2.75, 3.05) is 36.8 Å². The number of hydrogen-bond donors (Lipinski definition) is 3. The second-order valence-electron chi connectivity index (χ2n) is 10.4. The fourth-order valence-corrected chi connectivity index (χ4v) is 5.13. The van der Waals surface area contributed by atoms with E-state index in [0.717, 1.165) is 28.8 Å². The summed E-state index contributed by atoms with van der Waals surface area (Å²) in [5, 5.41) is 30.9. The Hall–Kier alpha value is -4.16. The standard InChI is InChI=1S/C13H19N5O.C13H12N4OS/c1-13(2,3)10-6-11(17-16-10)15-12(19)9-4-5-18(7-9)8-14;14-8-17-6-5-9(7-17)12(18)16-13-15-10-3-1-2-4-11(10)19-13/h6,9H,4-5,7H2,1-3H3,(H2,15,16,17,19);1-4,9H,5-7H2,(H,15,16,18). The molecule has 0 aliphatic carbocycles. The maximum Gasteiger partial charge on any atom is 0.231 e. The molecule has 3 N–H and O–H groups in total. The monoisotopic (exact) mass is 533 g/mol. The smallest absolute Gasteiger partial charge is 0.231 e. The molecule has 0 saturated carbocycles. The Bertz CT molecular complexity index is 1340. The van der Waals surface area contributed by atoms with Gasteiger partial charge in [0.25, 0.3) is 0 Å². The van der Waals surface area contributed by atoms with Crippen LogP contribution in [0.2, 0.25) is 0 Å². The first kappa shape index (κ1) is 26.9. The van der Waals surface area contributed by atoms with E-state index >= 15 is 0 Å². The van der Waals surface area contributed by atoms with Crippen LogP contribution in [0.4, 0.5) is 10.9 Å². The van der Waals surface area contributed by atoms with Gasteiger partial charge in [0.1, 0.15) is 0 Å². The molecular formula is C26H31N9O2S. The zero-order chi connectivity index (χ0) is 27.3. The van der Waals surface area contributed by atoms with E-state index in [-0.39, 0.29) is 29.1 Å². The first-order chi connectivity index (χ1) is 18.2. The van der Waals surface area contributed by atoms with Crippen molar-refractivity contribution in [1.29, 1.82) is 10.5 Å². The second-order valence-corrected chi connectivity index (χ2v) is 11.5. The number of rotatable bonds is 4. The highest BCUT2D eigenvalue weighted by atomic mass is 32.1. The molecule has 38 heavy (non-hydrogen) atoms. The summed E-state index contributed by atoms with van der Waals surface area (Å²) < 4.78 is 1.06. The molecule has 2 fully saturated rings. The summed E-state index contributed by atoms with van der Waals surface area (Å²) in [7, 11) is 0. The number of thiazole rings is 1. The molecular weight excluding hydrogens is 502 g/mol. The van der Waals surface area contributed by atoms with Crippen LogP contribution in [0.5, 0.6) is 0 Å². The van der Waals surface area contributed by atoms with Crippen molar-refractivity contribution in [2.24, 2.45) is 11.8 Å². The Morgan fingerprint density at radius 3 is 2.16 bits per heavy atom. The molecule has 2 aromatic heterocycles. The number of nitriles is 2. The molecule has 2 aliphatic rings. The summed E-state index contributed by atoms with van der Waals surface area (Å²) in [4.78, 5) is 31.7. The molecule has 11 nitrogen and oxygen atoms in total. The van der Waals surface area contributed by atoms with Gasteiger partial charge in [0.05, 0.1) is 22.1 Å². The third kappa shape index (κ3) is 6.58. The van der Waals surface area contributed by atoms with Gasteiger partial charge in [0.2, 0.25) is 11.8 Å². The highest BCUT2D eigenvalue weighted by molar-refractivity contribution is 7.22. The Balaban J connectivity index is 0.000000177. The van der Waals surface area contributed by atoms with Crippen LogP contribution in [0.1, 0.15) is 39.3 Å². The summed E-state index contributed by atoms with van der Waals surface area (Å²) in [6.45, 7) is 8.55. The largest absolute Gasteiger partial charge is 0.310 e. The van der Waals surface area contributed by atoms with Crippen LogP contribution in [-0.4, -0.2) is 63.0 Å². The van der Waals surface area contributed by atoms with E-state index in [9.17, 15) is 9.59 Å². The number of amides is 2. The minimum atomic E-state index is -0.130. The number of aromatic amines is 1. The molecule has 2 amide bonds. The molecule has 1 aromatic carbocycles. The molecule has 12 heteroatoms. The van der Waals surface area contributed by atoms with E-state index in [0.29, 0.717) is 37.1 Å². The fraction of sp³-hybridized carbons (Fsp3) is 0.462. The van der Waals surface area contributed by atoms with Gasteiger partial charge in [0, 0.05) is 43.4 Å². The fourth-order valence-electron chi connectivity index (χ4n) is 4.26. The Morgan fingerprint density at radius 2 is 1.63 bits per heavy atom. The number of fused-ring (bicyclic) bond motifs is 1. The summed E-state index contributed by atoms with van der Waals surface area (Å²) in [5.41, 5.74) is 1.85. The number of aromatic nitrogens is 3. The molecule has 3 aromatic rings. The number of likely N-dealkylation sites (tertiary alicyclic amines) is 2. The van der Waals surface area contributed by atoms with Gasteiger partial charge in [-0.25, -0.2) is 4.98 Å². The van der Waals surface area contributed by atoms with Crippen molar-refractivity contribution in [2.45, 2.75) is 39.0 Å². The third-order valence-corrected chi connectivity index (χ3v) is 7.51. The average molecular weight is 534 g/mol. The number of nitrogens with one attached hydrogen (secondary N) is 3. The summed E-state index contributed by atoms with van der Waals surface area (Å²) in [6.07, 6.45) is 5.59. The van der Waals surface area contributed by atoms with Crippen molar-refractivity contribution < 1.29 is 9.59 Å². The van der Waals surface area contributed by atoms with Crippen molar-refractivity contribution in [1.82, 2.24) is 25.0 Å². The highest BCUT2D eigenvalue weighted by Crippen LogP contribution is 2.27. The predicted molar refractivity (Wildman–Crippen MR) is 145 cm³/mol. The number of para-hydroxylation sites is 1. The Kier molecular flexibility index (Phi) is 8.13. The highest BCUT2D eigenvalue weighted by Gasteiger charge is 2.29. The summed E-state index contributed by atoms with van der Waals surface area (Å²) >= 11 is 1.47. The van der Waals surface area contributed by atoms with Crippen LogP contribution in [0.3, 0.4) is 0 Å². The van der Waals surface area contributed by atoms with Crippen LogP contribution in [-0.2, 0) is 15.0 Å². The van der Waals surface area contributed by atoms with Gasteiger partial charge in [-0.15, -0.1) is 0 Å². The second kappa shape index (κ2) is 11.5. The predicted octanol–water partition coefficient (Wildman–Crippen LogP) is 3.49. The number of hydrogen-bond acceptors (Lipinski definition) is 9. The van der Waals surface area contributed by atoms with Crippen molar-refractivity contribution >= 4 is 44.3 Å². The molecule has 0 radical (unpaired) electrons. The average Bonchev–Trinajstić information content (AvgIpc) is 3.69. The molecule has 0 spiro atoms. The van der Waals surface area contributed by atoms with Crippen molar-refractivity contribution in [3.63, 3.8) is 0 Å². The zero-order valence-electron chi connectivity index (χ0n) is 21.7. The topological polar surface area (TPSA) is 154 Å². The molecule has 5 rings (SSSR count). The lowest BCUT2D eigenvalue weighted by Crippen LogP contribution is -2.25. The number of carbonyl (C=O) groups excluding carboxylic acids is 2. The van der Waals surface area contributed by atoms with E-state index in [1.54, 1.807) is 9.80 Å². The van der Waals surface area contributed by atoms with Crippen LogP contribution >= 0.6 is 11.3 Å². The van der Waals surface area contributed by atoms with E-state index in [1.807, 2.05) is 30.3 Å². The summed E-state index contributed by atoms with van der Waals surface area (Å²) in [5.74, 6) is 0.188. The lowest BCUT2D eigenvalue weighted by Gasteiger charge is -2.14. The molecule has 198 valence electrons. The van der Waals surface area contributed by atoms with Crippen LogP contribution in [0.15, 0.2) is 30.3 Å². The number of carbonyl (C=O) groups is 2. The summed E-state index contributed by atoms with van der Waals surface area (Å²) in [6, 6.07) is 9.64. The van der Waals surface area contributed by atoms with Gasteiger partial charge in [-0.1, -0.05) is 44.2 Å². The van der Waals surface area contributed by atoms with Gasteiger partial charge in [-0.2, -0.15) is 15.6 Å². The maximum atomic E-state index is 12.1. The van der Waals surface area contributed by atoms with Gasteiger partial charge in [-0.05, 0) is 25.0 Å². The number of benzene rings is 1. The normalized spacial score (nSPS) is 18.9. The molecule has 0 bridgehead atoms. The minimum Gasteiger partial charge on any atom is -0.310 e. The number of anilines is 2. The molecule has 2 saturated heterocycles. The molecule has 2 atom stereocenters. The van der Waals surface area contributed by atoms with E-state index in [1.165, 1.54) is 11.3 Å². The van der Waals surface area contributed by atoms with E-state index in [4.69, 9.17) is 10.5 Å². The Labute approximate surface area is 225 Å². The lowest BCUT2D eigenvalue weighted by molar-refractivity contribution is -0.120. The Morgan fingerprint density at radius 1 is 1.03 bits per heavy atom. The van der Waals surface area contributed by atoms with Gasteiger partial charge < -0.3 is 20.4 Å². The number of H-pyrrole nitrogens is 1. The molecule has 2 unspecified atom stereocenters. The minimum absolute atomic E-state index is 0.0268. The van der Waals surface area contributed by atoms with E-state index in [2.05, 4.69) is 59.0 Å². The van der Waals surface area contributed by atoms with E-state index < -0.39 is 0 Å². The quantitative estimate of drug-likeness (QED) is 0.431. The number of nitrogens with zero attached hydrogens (tertiary/aromatic N) is 6.